The van der Waals surface area contributed by atoms with E-state index >= 15 is 0 Å². The Hall–Kier alpha value is -2.33. The molecule has 2 aromatic rings. The second-order valence-corrected chi connectivity index (χ2v) is 9.09. The standard InChI is InChI=1S/C27H35ClN2O2/c1-2-25(27(32)29-23-14-7-4-8-15-23)30(20-19-21-11-5-3-6-12-21)26(31)18-17-22-13-9-10-16-24(22)28/h3,5-6,9-13,16,23,25H,2,4,7-8,14-15,17-20H2,1H3,(H,29,32)/t25-/m0/s1. The molecule has 0 spiro atoms. The van der Waals surface area contributed by atoms with Crippen LogP contribution in [-0.4, -0.2) is 35.3 Å². The monoisotopic (exact) mass is 454 g/mol. The van der Waals surface area contributed by atoms with Crippen LogP contribution in [0.5, 0.6) is 0 Å². The van der Waals surface area contributed by atoms with Crippen LogP contribution in [-0.2, 0) is 22.4 Å². The maximum Gasteiger partial charge on any atom is 0.243 e. The highest BCUT2D eigenvalue weighted by Gasteiger charge is 2.29. The summed E-state index contributed by atoms with van der Waals surface area (Å²) in [7, 11) is 0. The number of carbonyl (C=O) groups is 2. The van der Waals surface area contributed by atoms with E-state index < -0.39 is 6.04 Å². The van der Waals surface area contributed by atoms with Gasteiger partial charge in [-0.1, -0.05) is 86.3 Å². The van der Waals surface area contributed by atoms with E-state index in [9.17, 15) is 9.59 Å². The van der Waals surface area contributed by atoms with Crippen molar-refractivity contribution in [3.05, 3.63) is 70.7 Å². The van der Waals surface area contributed by atoms with Gasteiger partial charge in [0, 0.05) is 24.0 Å². The maximum atomic E-state index is 13.3. The highest BCUT2D eigenvalue weighted by Crippen LogP contribution is 2.20. The van der Waals surface area contributed by atoms with Gasteiger partial charge in [-0.15, -0.1) is 0 Å². The lowest BCUT2D eigenvalue weighted by Gasteiger charge is -2.33. The van der Waals surface area contributed by atoms with Crippen molar-refractivity contribution in [2.45, 2.75) is 76.8 Å². The Morgan fingerprint density at radius 2 is 1.69 bits per heavy atom. The molecule has 1 N–H and O–H groups in total. The molecule has 0 unspecified atom stereocenters. The molecule has 0 radical (unpaired) electrons. The predicted octanol–water partition coefficient (Wildman–Crippen LogP) is 5.57. The molecule has 0 bridgehead atoms. The molecule has 2 aromatic carbocycles. The minimum absolute atomic E-state index is 0.00601. The highest BCUT2D eigenvalue weighted by atomic mass is 35.5. The average molecular weight is 455 g/mol. The summed E-state index contributed by atoms with van der Waals surface area (Å²) in [5.41, 5.74) is 2.13. The van der Waals surface area contributed by atoms with Gasteiger partial charge in [-0.05, 0) is 49.3 Å². The second-order valence-electron chi connectivity index (χ2n) is 8.68. The number of benzene rings is 2. The van der Waals surface area contributed by atoms with Crippen molar-refractivity contribution >= 4 is 23.4 Å². The Kier molecular flexibility index (Phi) is 9.61. The van der Waals surface area contributed by atoms with E-state index in [1.165, 1.54) is 12.0 Å². The van der Waals surface area contributed by atoms with Crippen LogP contribution in [0.2, 0.25) is 5.02 Å². The third-order valence-electron chi connectivity index (χ3n) is 6.39. The highest BCUT2D eigenvalue weighted by molar-refractivity contribution is 6.31. The van der Waals surface area contributed by atoms with Crippen LogP contribution in [0.4, 0.5) is 0 Å². The van der Waals surface area contributed by atoms with E-state index in [1.54, 1.807) is 4.90 Å². The van der Waals surface area contributed by atoms with E-state index in [-0.39, 0.29) is 17.9 Å². The Bertz CT molecular complexity index is 865. The lowest BCUT2D eigenvalue weighted by Crippen LogP contribution is -2.52. The van der Waals surface area contributed by atoms with E-state index in [1.807, 2.05) is 49.4 Å². The molecule has 1 fully saturated rings. The first-order chi connectivity index (χ1) is 15.6. The molecule has 172 valence electrons. The van der Waals surface area contributed by atoms with Crippen molar-refractivity contribution in [2.24, 2.45) is 0 Å². The van der Waals surface area contributed by atoms with Crippen molar-refractivity contribution in [3.63, 3.8) is 0 Å². The lowest BCUT2D eigenvalue weighted by atomic mass is 9.95. The first-order valence-corrected chi connectivity index (χ1v) is 12.3. The summed E-state index contributed by atoms with van der Waals surface area (Å²) in [4.78, 5) is 28.3. The van der Waals surface area contributed by atoms with Crippen LogP contribution in [0.1, 0.15) is 63.0 Å². The zero-order chi connectivity index (χ0) is 22.8. The van der Waals surface area contributed by atoms with Gasteiger partial charge in [-0.25, -0.2) is 0 Å². The molecule has 1 saturated carbocycles. The summed E-state index contributed by atoms with van der Waals surface area (Å²) in [5, 5.41) is 3.91. The molecule has 3 rings (SSSR count). The largest absolute Gasteiger partial charge is 0.352 e. The zero-order valence-electron chi connectivity index (χ0n) is 19.1. The summed E-state index contributed by atoms with van der Waals surface area (Å²) >= 11 is 6.29. The van der Waals surface area contributed by atoms with Crippen molar-refractivity contribution in [1.29, 1.82) is 0 Å². The predicted molar refractivity (Wildman–Crippen MR) is 131 cm³/mol. The summed E-state index contributed by atoms with van der Waals surface area (Å²) in [5.74, 6) is -0.00921. The molecular weight excluding hydrogens is 420 g/mol. The Balaban J connectivity index is 1.70. The molecule has 0 saturated heterocycles. The molecule has 32 heavy (non-hydrogen) atoms. The number of aryl methyl sites for hydroxylation is 1. The quantitative estimate of drug-likeness (QED) is 0.510. The van der Waals surface area contributed by atoms with Crippen LogP contribution in [0.3, 0.4) is 0 Å². The molecule has 1 aliphatic rings. The minimum Gasteiger partial charge on any atom is -0.352 e. The van der Waals surface area contributed by atoms with E-state index in [0.717, 1.165) is 37.7 Å². The van der Waals surface area contributed by atoms with Gasteiger partial charge in [0.15, 0.2) is 0 Å². The zero-order valence-corrected chi connectivity index (χ0v) is 19.8. The molecule has 0 heterocycles. The Morgan fingerprint density at radius 1 is 1.00 bits per heavy atom. The number of hydrogen-bond donors (Lipinski definition) is 1. The number of nitrogens with one attached hydrogen (secondary N) is 1. The van der Waals surface area contributed by atoms with Crippen LogP contribution in [0.15, 0.2) is 54.6 Å². The van der Waals surface area contributed by atoms with Gasteiger partial charge in [0.05, 0.1) is 0 Å². The first-order valence-electron chi connectivity index (χ1n) is 12.0. The Morgan fingerprint density at radius 3 is 2.38 bits per heavy atom. The number of nitrogens with zero attached hydrogens (tertiary/aromatic N) is 1. The molecule has 1 atom stereocenters. The van der Waals surface area contributed by atoms with Crippen molar-refractivity contribution in [2.75, 3.05) is 6.54 Å². The fourth-order valence-corrected chi connectivity index (χ4v) is 4.76. The van der Waals surface area contributed by atoms with Gasteiger partial charge in [-0.3, -0.25) is 9.59 Å². The van der Waals surface area contributed by atoms with Gasteiger partial charge < -0.3 is 10.2 Å². The molecule has 0 aromatic heterocycles. The molecule has 1 aliphatic carbocycles. The molecule has 2 amide bonds. The second kappa shape index (κ2) is 12.6. The van der Waals surface area contributed by atoms with Gasteiger partial charge in [-0.2, -0.15) is 0 Å². The van der Waals surface area contributed by atoms with Gasteiger partial charge >= 0.3 is 0 Å². The van der Waals surface area contributed by atoms with Crippen LogP contribution in [0, 0.1) is 0 Å². The SMILES string of the molecule is CC[C@@H](C(=O)NC1CCCCC1)N(CCc1ccccc1)C(=O)CCc1ccccc1Cl. The summed E-state index contributed by atoms with van der Waals surface area (Å²) in [6, 6.07) is 17.6. The lowest BCUT2D eigenvalue weighted by molar-refractivity contribution is -0.141. The van der Waals surface area contributed by atoms with Gasteiger partial charge in [0.25, 0.3) is 0 Å². The minimum atomic E-state index is -0.445. The fourth-order valence-electron chi connectivity index (χ4n) is 4.53. The summed E-state index contributed by atoms with van der Waals surface area (Å²) < 4.78 is 0. The van der Waals surface area contributed by atoms with Crippen LogP contribution >= 0.6 is 11.6 Å². The van der Waals surface area contributed by atoms with Gasteiger partial charge in [0.2, 0.25) is 11.8 Å². The normalized spacial score (nSPS) is 15.2. The number of hydrogen-bond acceptors (Lipinski definition) is 2. The summed E-state index contributed by atoms with van der Waals surface area (Å²) in [6.07, 6.45) is 7.88. The first kappa shape index (κ1) is 24.3. The Labute approximate surface area is 197 Å². The number of carbonyl (C=O) groups excluding carboxylic acids is 2. The van der Waals surface area contributed by atoms with Crippen LogP contribution < -0.4 is 5.32 Å². The van der Waals surface area contributed by atoms with Crippen LogP contribution in [0.25, 0.3) is 0 Å². The third kappa shape index (κ3) is 7.09. The molecular formula is C27H35ClN2O2. The average Bonchev–Trinajstić information content (AvgIpc) is 2.82. The van der Waals surface area contributed by atoms with Crippen molar-refractivity contribution in [3.8, 4) is 0 Å². The fraction of sp³-hybridized carbons (Fsp3) is 0.481. The summed E-state index contributed by atoms with van der Waals surface area (Å²) in [6.45, 7) is 2.52. The topological polar surface area (TPSA) is 49.4 Å². The maximum absolute atomic E-state index is 13.3. The third-order valence-corrected chi connectivity index (χ3v) is 6.76. The van der Waals surface area contributed by atoms with Crippen molar-refractivity contribution < 1.29 is 9.59 Å². The molecule has 4 nitrogen and oxygen atoms in total. The molecule has 0 aliphatic heterocycles. The number of halogens is 1. The number of amides is 2. The van der Waals surface area contributed by atoms with E-state index in [4.69, 9.17) is 11.6 Å². The number of rotatable bonds is 10. The van der Waals surface area contributed by atoms with Crippen molar-refractivity contribution in [1.82, 2.24) is 10.2 Å². The smallest absolute Gasteiger partial charge is 0.243 e. The van der Waals surface area contributed by atoms with E-state index in [0.29, 0.717) is 30.8 Å². The molecule has 5 heteroatoms. The van der Waals surface area contributed by atoms with Gasteiger partial charge in [0.1, 0.15) is 6.04 Å². The van der Waals surface area contributed by atoms with E-state index in [2.05, 4.69) is 17.4 Å².